The van der Waals surface area contributed by atoms with Crippen LogP contribution in [-0.2, 0) is 15.8 Å². The maximum atomic E-state index is 11.4. The van der Waals surface area contributed by atoms with E-state index >= 15 is 0 Å². The minimum atomic E-state index is -2.03. The van der Waals surface area contributed by atoms with E-state index in [1.54, 1.807) is 7.11 Å². The van der Waals surface area contributed by atoms with Crippen molar-refractivity contribution in [2.45, 2.75) is 69.6 Å². The smallest absolute Gasteiger partial charge is 0.158 e. The van der Waals surface area contributed by atoms with Crippen LogP contribution in [0.4, 0.5) is 0 Å². The molecule has 0 aliphatic carbocycles. The predicted molar refractivity (Wildman–Crippen MR) is 121 cm³/mol. The molecule has 0 fully saturated rings. The van der Waals surface area contributed by atoms with Crippen molar-refractivity contribution in [1.82, 2.24) is 0 Å². The van der Waals surface area contributed by atoms with Gasteiger partial charge in [0, 0.05) is 13.7 Å². The number of ether oxygens (including phenoxy) is 1. The van der Waals surface area contributed by atoms with Gasteiger partial charge in [0.25, 0.3) is 0 Å². The van der Waals surface area contributed by atoms with Crippen LogP contribution in [0.25, 0.3) is 0 Å². The Morgan fingerprint density at radius 3 is 1.75 bits per heavy atom. The van der Waals surface area contributed by atoms with Gasteiger partial charge in [-0.2, -0.15) is 0 Å². The minimum Gasteiger partial charge on any atom is -0.392 e. The van der Waals surface area contributed by atoms with Crippen molar-refractivity contribution in [1.29, 1.82) is 0 Å². The Bertz CT molecular complexity index is 521. The first-order valence-electron chi connectivity index (χ1n) is 10.1. The van der Waals surface area contributed by atoms with Gasteiger partial charge in [-0.3, -0.25) is 0 Å². The summed E-state index contributed by atoms with van der Waals surface area (Å²) >= 11 is -2.03. The second-order valence-electron chi connectivity index (χ2n) is 6.46. The lowest BCUT2D eigenvalue weighted by Gasteiger charge is -2.18. The molecule has 0 radical (unpaired) electrons. The van der Waals surface area contributed by atoms with Crippen LogP contribution < -0.4 is 0 Å². The molecule has 4 nitrogen and oxygen atoms in total. The molecule has 0 rings (SSSR count). The molecule has 0 heterocycles. The summed E-state index contributed by atoms with van der Waals surface area (Å²) in [5, 5.41) is 9.40. The minimum absolute atomic E-state index is 0.394. The van der Waals surface area contributed by atoms with E-state index in [0.29, 0.717) is 25.9 Å². The van der Waals surface area contributed by atoms with Gasteiger partial charge < -0.3 is 14.4 Å². The summed E-state index contributed by atoms with van der Waals surface area (Å²) in [5.41, 5.74) is 0. The maximum absolute atomic E-state index is 11.4. The van der Waals surface area contributed by atoms with Gasteiger partial charge in [0.05, 0.1) is 11.4 Å². The zero-order valence-electron chi connectivity index (χ0n) is 17.4. The first kappa shape index (κ1) is 26.7. The molecule has 2 N–H and O–H groups in total. The number of aliphatic hydroxyl groups excluding tert-OH is 1. The third-order valence-electron chi connectivity index (χ3n) is 4.06. The van der Waals surface area contributed by atoms with E-state index in [4.69, 9.17) is 4.74 Å². The molecule has 0 saturated carbocycles. The second-order valence-corrected chi connectivity index (χ2v) is 7.62. The van der Waals surface area contributed by atoms with Crippen LogP contribution >= 0.6 is 0 Å². The molecule has 3 atom stereocenters. The Labute approximate surface area is 174 Å². The molecule has 0 amide bonds. The maximum Gasteiger partial charge on any atom is 0.158 e. The number of hydrogen-bond donors (Lipinski definition) is 2. The largest absolute Gasteiger partial charge is 0.392 e. The lowest BCUT2D eigenvalue weighted by Crippen LogP contribution is -2.30. The molecule has 0 saturated heterocycles. The molecule has 3 unspecified atom stereocenters. The molecule has 0 aliphatic heterocycles. The Morgan fingerprint density at radius 2 is 1.32 bits per heavy atom. The Morgan fingerprint density at radius 1 is 0.857 bits per heavy atom. The number of aliphatic hydroxyl groups is 1. The monoisotopic (exact) mass is 410 g/mol. The van der Waals surface area contributed by atoms with Gasteiger partial charge >= 0.3 is 0 Å². The van der Waals surface area contributed by atoms with Gasteiger partial charge in [-0.1, -0.05) is 67.7 Å². The average Bonchev–Trinajstić information content (AvgIpc) is 2.67. The highest BCUT2D eigenvalue weighted by atomic mass is 32.2. The van der Waals surface area contributed by atoms with Crippen molar-refractivity contribution in [3.8, 4) is 0 Å². The summed E-state index contributed by atoms with van der Waals surface area (Å²) in [6, 6.07) is 0. The quantitative estimate of drug-likeness (QED) is 0.189. The van der Waals surface area contributed by atoms with Crippen molar-refractivity contribution in [3.05, 3.63) is 60.8 Å². The summed E-state index contributed by atoms with van der Waals surface area (Å²) in [4.78, 5) is 0. The number of allylic oxidation sites excluding steroid dienone is 10. The molecule has 160 valence electrons. The molecular weight excluding hydrogens is 372 g/mol. The lowest BCUT2D eigenvalue weighted by atomic mass is 10.1. The highest BCUT2D eigenvalue weighted by molar-refractivity contribution is 7.80. The fourth-order valence-corrected chi connectivity index (χ4v) is 3.16. The van der Waals surface area contributed by atoms with E-state index in [-0.39, 0.29) is 0 Å². The molecule has 0 aromatic heterocycles. The van der Waals surface area contributed by atoms with Gasteiger partial charge in [0.2, 0.25) is 0 Å². The van der Waals surface area contributed by atoms with Gasteiger partial charge in [0.15, 0.2) is 11.1 Å². The summed E-state index contributed by atoms with van der Waals surface area (Å²) in [5.74, 6) is 0. The highest BCUT2D eigenvalue weighted by Gasteiger charge is 2.22. The van der Waals surface area contributed by atoms with Crippen LogP contribution in [0.3, 0.4) is 0 Å². The van der Waals surface area contributed by atoms with E-state index in [9.17, 15) is 13.9 Å². The predicted octanol–water partition coefficient (Wildman–Crippen LogP) is 5.51. The topological polar surface area (TPSA) is 66.8 Å². The molecule has 5 heteroatoms. The Hall–Kier alpha value is -1.27. The zero-order valence-corrected chi connectivity index (χ0v) is 18.2. The fourth-order valence-electron chi connectivity index (χ4n) is 2.48. The van der Waals surface area contributed by atoms with Crippen LogP contribution in [0.2, 0.25) is 0 Å². The summed E-state index contributed by atoms with van der Waals surface area (Å²) in [6.45, 7) is 2.68. The Balaban J connectivity index is 3.94. The first-order chi connectivity index (χ1) is 13.6. The number of rotatable bonds is 17. The van der Waals surface area contributed by atoms with Crippen LogP contribution in [0.5, 0.6) is 0 Å². The van der Waals surface area contributed by atoms with Crippen molar-refractivity contribution < 1.29 is 18.6 Å². The summed E-state index contributed by atoms with van der Waals surface area (Å²) in [6.07, 6.45) is 26.5. The SMILES string of the molecule is CC/C=C\C/C=C\C/C=C\C/C=C\C/C=C\CC(C(O)CCCOC)S(=O)O. The highest BCUT2D eigenvalue weighted by Crippen LogP contribution is 2.13. The average molecular weight is 411 g/mol. The molecule has 28 heavy (non-hydrogen) atoms. The van der Waals surface area contributed by atoms with E-state index < -0.39 is 22.4 Å². The second kappa shape index (κ2) is 20.5. The standard InChI is InChI=1S/C23H38O4S/c1-3-4-5-6-7-8-9-10-11-12-13-14-15-16-17-20-23(28(25)26)22(24)19-18-21-27-2/h4-5,7-8,10-11,13-14,16-17,22-24H,3,6,9,12,15,18-21H2,1-2H3,(H,25,26)/b5-4-,8-7-,11-10-,14-13-,17-16-. The summed E-state index contributed by atoms with van der Waals surface area (Å²) in [7, 11) is 1.60. The van der Waals surface area contributed by atoms with Crippen LogP contribution in [0.15, 0.2) is 60.8 Å². The zero-order chi connectivity index (χ0) is 20.9. The van der Waals surface area contributed by atoms with Crippen LogP contribution in [0.1, 0.15) is 58.3 Å². The molecule has 0 aromatic rings. The van der Waals surface area contributed by atoms with E-state index in [2.05, 4.69) is 55.5 Å². The lowest BCUT2D eigenvalue weighted by molar-refractivity contribution is 0.131. The summed E-state index contributed by atoms with van der Waals surface area (Å²) < 4.78 is 25.7. The molecular formula is C23H38O4S. The molecule has 0 spiro atoms. The normalized spacial score (nSPS) is 16.3. The molecule has 0 aliphatic rings. The van der Waals surface area contributed by atoms with Gasteiger partial charge in [-0.05, 0) is 51.4 Å². The third kappa shape index (κ3) is 16.9. The number of methoxy groups -OCH3 is 1. The first-order valence-corrected chi connectivity index (χ1v) is 11.3. The van der Waals surface area contributed by atoms with Crippen LogP contribution in [-0.4, -0.2) is 38.9 Å². The molecule has 0 aromatic carbocycles. The van der Waals surface area contributed by atoms with E-state index in [1.807, 2.05) is 12.2 Å². The van der Waals surface area contributed by atoms with Crippen molar-refractivity contribution in [3.63, 3.8) is 0 Å². The number of hydrogen-bond acceptors (Lipinski definition) is 3. The Kier molecular flexibility index (Phi) is 19.5. The van der Waals surface area contributed by atoms with Crippen molar-refractivity contribution >= 4 is 11.1 Å². The fraction of sp³-hybridized carbons (Fsp3) is 0.565. The van der Waals surface area contributed by atoms with Gasteiger partial charge in [0.1, 0.15) is 0 Å². The van der Waals surface area contributed by atoms with Gasteiger partial charge in [-0.25, -0.2) is 4.21 Å². The van der Waals surface area contributed by atoms with E-state index in [1.165, 1.54) is 0 Å². The third-order valence-corrected chi connectivity index (χ3v) is 5.09. The van der Waals surface area contributed by atoms with Crippen molar-refractivity contribution in [2.75, 3.05) is 13.7 Å². The van der Waals surface area contributed by atoms with Crippen molar-refractivity contribution in [2.24, 2.45) is 0 Å². The molecule has 0 bridgehead atoms. The van der Waals surface area contributed by atoms with Gasteiger partial charge in [-0.15, -0.1) is 0 Å². The van der Waals surface area contributed by atoms with E-state index in [0.717, 1.165) is 32.1 Å². The van der Waals surface area contributed by atoms with Crippen LogP contribution in [0, 0.1) is 0 Å².